The van der Waals surface area contributed by atoms with Gasteiger partial charge in [-0.25, -0.2) is 13.2 Å². The van der Waals surface area contributed by atoms with E-state index in [2.05, 4.69) is 5.32 Å². The van der Waals surface area contributed by atoms with Crippen molar-refractivity contribution >= 4 is 27.7 Å². The minimum Gasteiger partial charge on any atom is -0.482 e. The molecule has 2 aliphatic rings. The van der Waals surface area contributed by atoms with Crippen LogP contribution in [0.25, 0.3) is 0 Å². The van der Waals surface area contributed by atoms with Crippen molar-refractivity contribution in [2.45, 2.75) is 64.0 Å². The highest BCUT2D eigenvalue weighted by Crippen LogP contribution is 2.32. The Morgan fingerprint density at radius 3 is 2.72 bits per heavy atom. The zero-order valence-electron chi connectivity index (χ0n) is 19.4. The summed E-state index contributed by atoms with van der Waals surface area (Å²) in [5, 5.41) is 2.65. The molecule has 9 nitrogen and oxygen atoms in total. The standard InChI is InChI=1S/C22H33N3O6S/c1-15(2)25(21(27)31-22(3,4)5)13-16-7-6-10-24(12-16)32(28,29)17-8-9-19-18(11-17)23-20(26)14-30-19/h8-9,11,15-16H,6-7,10,12-14H2,1-5H3,(H,23,26). The Bertz CT molecular complexity index is 970. The monoisotopic (exact) mass is 467 g/mol. The van der Waals surface area contributed by atoms with Crippen LogP contribution in [0.4, 0.5) is 10.5 Å². The fraction of sp³-hybridized carbons (Fsp3) is 0.636. The van der Waals surface area contributed by atoms with Gasteiger partial charge in [-0.1, -0.05) is 0 Å². The van der Waals surface area contributed by atoms with E-state index in [1.807, 2.05) is 34.6 Å². The van der Waals surface area contributed by atoms with Crippen LogP contribution in [-0.4, -0.2) is 67.5 Å². The van der Waals surface area contributed by atoms with Crippen molar-refractivity contribution in [2.24, 2.45) is 5.92 Å². The smallest absolute Gasteiger partial charge is 0.410 e. The molecule has 3 rings (SSSR count). The second kappa shape index (κ2) is 9.27. The minimum absolute atomic E-state index is 0.00546. The number of piperidine rings is 1. The van der Waals surface area contributed by atoms with Gasteiger partial charge in [-0.3, -0.25) is 4.79 Å². The second-order valence-corrected chi connectivity index (χ2v) is 11.5. The number of hydrogen-bond acceptors (Lipinski definition) is 6. The molecule has 2 aliphatic heterocycles. The fourth-order valence-corrected chi connectivity index (χ4v) is 5.44. The third kappa shape index (κ3) is 5.72. The number of fused-ring (bicyclic) bond motifs is 1. The maximum Gasteiger partial charge on any atom is 0.410 e. The van der Waals surface area contributed by atoms with Gasteiger partial charge in [0.05, 0.1) is 10.6 Å². The molecule has 1 atom stereocenters. The lowest BCUT2D eigenvalue weighted by Gasteiger charge is -2.37. The quantitative estimate of drug-likeness (QED) is 0.714. The SMILES string of the molecule is CC(C)N(CC1CCCN(S(=O)(=O)c2ccc3c(c2)NC(=O)CO3)C1)C(=O)OC(C)(C)C. The van der Waals surface area contributed by atoms with Crippen LogP contribution in [0.5, 0.6) is 5.75 Å². The number of amides is 2. The molecule has 1 saturated heterocycles. The molecule has 0 saturated carbocycles. The van der Waals surface area contributed by atoms with E-state index in [1.54, 1.807) is 11.0 Å². The van der Waals surface area contributed by atoms with E-state index in [-0.39, 0.29) is 29.4 Å². The summed E-state index contributed by atoms with van der Waals surface area (Å²) in [7, 11) is -3.76. The summed E-state index contributed by atoms with van der Waals surface area (Å²) in [4.78, 5) is 26.0. The minimum atomic E-state index is -3.76. The Labute approximate surface area is 190 Å². The van der Waals surface area contributed by atoms with Gasteiger partial charge in [-0.05, 0) is 71.6 Å². The van der Waals surface area contributed by atoms with Gasteiger partial charge >= 0.3 is 6.09 Å². The molecular weight excluding hydrogens is 434 g/mol. The van der Waals surface area contributed by atoms with Gasteiger partial charge in [-0.15, -0.1) is 0 Å². The number of sulfonamides is 1. The molecule has 0 radical (unpaired) electrons. The number of rotatable bonds is 5. The van der Waals surface area contributed by atoms with Gasteiger partial charge in [0.1, 0.15) is 11.4 Å². The van der Waals surface area contributed by atoms with Crippen LogP contribution in [0.1, 0.15) is 47.5 Å². The number of ether oxygens (including phenoxy) is 2. The summed E-state index contributed by atoms with van der Waals surface area (Å²) in [6, 6.07) is 4.43. The van der Waals surface area contributed by atoms with Crippen LogP contribution in [0.3, 0.4) is 0 Å². The summed E-state index contributed by atoms with van der Waals surface area (Å²) < 4.78 is 38.9. The Morgan fingerprint density at radius 1 is 1.34 bits per heavy atom. The molecule has 10 heteroatoms. The lowest BCUT2D eigenvalue weighted by Crippen LogP contribution is -2.48. The molecule has 2 heterocycles. The first-order valence-electron chi connectivity index (χ1n) is 10.9. The van der Waals surface area contributed by atoms with Crippen LogP contribution in [0.15, 0.2) is 23.1 Å². The van der Waals surface area contributed by atoms with E-state index in [9.17, 15) is 18.0 Å². The predicted octanol–water partition coefficient (Wildman–Crippen LogP) is 3.06. The van der Waals surface area contributed by atoms with E-state index in [0.29, 0.717) is 37.5 Å². The third-order valence-corrected chi connectivity index (χ3v) is 7.27. The summed E-state index contributed by atoms with van der Waals surface area (Å²) in [6.07, 6.45) is 1.14. The molecule has 1 aromatic rings. The largest absolute Gasteiger partial charge is 0.482 e. The number of nitrogens with one attached hydrogen (secondary N) is 1. The Balaban J connectivity index is 1.74. The lowest BCUT2D eigenvalue weighted by molar-refractivity contribution is -0.118. The van der Waals surface area contributed by atoms with Crippen molar-refractivity contribution < 1.29 is 27.5 Å². The molecule has 1 aromatic carbocycles. The topological polar surface area (TPSA) is 105 Å². The highest BCUT2D eigenvalue weighted by Gasteiger charge is 2.34. The molecule has 178 valence electrons. The van der Waals surface area contributed by atoms with Gasteiger partial charge in [-0.2, -0.15) is 4.31 Å². The molecule has 0 aromatic heterocycles. The normalized spacial score (nSPS) is 19.7. The molecular formula is C22H33N3O6S. The summed E-state index contributed by atoms with van der Waals surface area (Å²) in [5.41, 5.74) is -0.246. The Hall–Kier alpha value is -2.33. The zero-order chi connectivity index (χ0) is 23.7. The number of carbonyl (C=O) groups excluding carboxylic acids is 2. The highest BCUT2D eigenvalue weighted by molar-refractivity contribution is 7.89. The maximum absolute atomic E-state index is 13.3. The fourth-order valence-electron chi connectivity index (χ4n) is 3.86. The first-order chi connectivity index (χ1) is 14.9. The van der Waals surface area contributed by atoms with E-state index in [0.717, 1.165) is 6.42 Å². The number of nitrogens with zero attached hydrogens (tertiary/aromatic N) is 2. The first kappa shape index (κ1) is 24.3. The molecule has 0 aliphatic carbocycles. The van der Waals surface area contributed by atoms with Gasteiger partial charge < -0.3 is 19.7 Å². The second-order valence-electron chi connectivity index (χ2n) is 9.59. The van der Waals surface area contributed by atoms with Crippen molar-refractivity contribution in [2.75, 3.05) is 31.6 Å². The Morgan fingerprint density at radius 2 is 2.06 bits per heavy atom. The van der Waals surface area contributed by atoms with Gasteiger partial charge in [0.25, 0.3) is 5.91 Å². The third-order valence-electron chi connectivity index (χ3n) is 5.41. The van der Waals surface area contributed by atoms with Gasteiger partial charge in [0, 0.05) is 25.7 Å². The van der Waals surface area contributed by atoms with Crippen molar-refractivity contribution in [3.63, 3.8) is 0 Å². The highest BCUT2D eigenvalue weighted by atomic mass is 32.2. The van der Waals surface area contributed by atoms with Crippen LogP contribution >= 0.6 is 0 Å². The molecule has 1 unspecified atom stereocenters. The van der Waals surface area contributed by atoms with E-state index >= 15 is 0 Å². The average molecular weight is 468 g/mol. The average Bonchev–Trinajstić information content (AvgIpc) is 2.70. The van der Waals surface area contributed by atoms with Crippen LogP contribution in [-0.2, 0) is 19.6 Å². The Kier molecular flexibility index (Phi) is 7.04. The van der Waals surface area contributed by atoms with E-state index in [1.165, 1.54) is 16.4 Å². The molecule has 2 amide bonds. The number of hydrogen-bond donors (Lipinski definition) is 1. The maximum atomic E-state index is 13.3. The van der Waals surface area contributed by atoms with Crippen molar-refractivity contribution in [3.8, 4) is 5.75 Å². The van der Waals surface area contributed by atoms with Crippen molar-refractivity contribution in [3.05, 3.63) is 18.2 Å². The number of benzene rings is 1. The molecule has 32 heavy (non-hydrogen) atoms. The van der Waals surface area contributed by atoms with Crippen molar-refractivity contribution in [1.29, 1.82) is 0 Å². The van der Waals surface area contributed by atoms with Crippen LogP contribution in [0, 0.1) is 5.92 Å². The van der Waals surface area contributed by atoms with Gasteiger partial charge in [0.15, 0.2) is 6.61 Å². The summed E-state index contributed by atoms with van der Waals surface area (Å²) >= 11 is 0. The van der Waals surface area contributed by atoms with E-state index in [4.69, 9.17) is 9.47 Å². The summed E-state index contributed by atoms with van der Waals surface area (Å²) in [5.74, 6) is 0.125. The molecule has 0 spiro atoms. The summed E-state index contributed by atoms with van der Waals surface area (Å²) in [6.45, 7) is 10.4. The molecule has 1 fully saturated rings. The van der Waals surface area contributed by atoms with E-state index < -0.39 is 21.7 Å². The number of carbonyl (C=O) groups is 2. The number of anilines is 1. The predicted molar refractivity (Wildman–Crippen MR) is 120 cm³/mol. The van der Waals surface area contributed by atoms with Crippen molar-refractivity contribution in [1.82, 2.24) is 9.21 Å². The first-order valence-corrected chi connectivity index (χ1v) is 12.4. The van der Waals surface area contributed by atoms with Crippen LogP contribution in [0.2, 0.25) is 0 Å². The molecule has 1 N–H and O–H groups in total. The zero-order valence-corrected chi connectivity index (χ0v) is 20.2. The lowest BCUT2D eigenvalue weighted by atomic mass is 9.98. The van der Waals surface area contributed by atoms with Gasteiger partial charge in [0.2, 0.25) is 10.0 Å². The molecule has 0 bridgehead atoms. The van der Waals surface area contributed by atoms with Crippen LogP contribution < -0.4 is 10.1 Å².